The predicted octanol–water partition coefficient (Wildman–Crippen LogP) is 4.42. The summed E-state index contributed by atoms with van der Waals surface area (Å²) in [6.45, 7) is 1.47. The molecule has 1 fully saturated rings. The zero-order valence-corrected chi connectivity index (χ0v) is 12.5. The average molecular weight is 328 g/mol. The fraction of sp³-hybridized carbons (Fsp3) is 0.400. The lowest BCUT2D eigenvalue weighted by atomic mass is 10.1. The Morgan fingerprint density at radius 2 is 2.23 bits per heavy atom. The number of anilines is 1. The Balaban J connectivity index is 1.70. The highest BCUT2D eigenvalue weighted by molar-refractivity contribution is 7.14. The van der Waals surface area contributed by atoms with Gasteiger partial charge in [-0.2, -0.15) is 13.2 Å². The van der Waals surface area contributed by atoms with Gasteiger partial charge < -0.3 is 10.1 Å². The lowest BCUT2D eigenvalue weighted by Gasteiger charge is -2.09. The highest BCUT2D eigenvalue weighted by atomic mass is 32.1. The number of hydrogen-bond donors (Lipinski definition) is 1. The maximum Gasteiger partial charge on any atom is 0.416 e. The number of thiazole rings is 1. The second-order valence-corrected chi connectivity index (χ2v) is 5.99. The molecule has 22 heavy (non-hydrogen) atoms. The van der Waals surface area contributed by atoms with Crippen molar-refractivity contribution in [2.75, 3.05) is 18.5 Å². The van der Waals surface area contributed by atoms with Gasteiger partial charge in [-0.05, 0) is 25.0 Å². The van der Waals surface area contributed by atoms with E-state index in [-0.39, 0.29) is 6.10 Å². The quantitative estimate of drug-likeness (QED) is 0.902. The van der Waals surface area contributed by atoms with Gasteiger partial charge in [0.15, 0.2) is 5.13 Å². The summed E-state index contributed by atoms with van der Waals surface area (Å²) in [4.78, 5) is 4.35. The molecule has 1 aliphatic heterocycles. The Hall–Kier alpha value is -1.60. The molecule has 2 heterocycles. The van der Waals surface area contributed by atoms with Crippen molar-refractivity contribution in [2.45, 2.75) is 25.1 Å². The van der Waals surface area contributed by atoms with Crippen molar-refractivity contribution in [3.05, 3.63) is 35.2 Å². The molecule has 3 nitrogen and oxygen atoms in total. The molecule has 3 rings (SSSR count). The molecule has 118 valence electrons. The Morgan fingerprint density at radius 1 is 1.36 bits per heavy atom. The molecular formula is C15H15F3N2OS. The van der Waals surface area contributed by atoms with Crippen molar-refractivity contribution < 1.29 is 17.9 Å². The number of hydrogen-bond acceptors (Lipinski definition) is 4. The largest absolute Gasteiger partial charge is 0.416 e. The molecule has 1 saturated heterocycles. The second kappa shape index (κ2) is 6.26. The first-order valence-electron chi connectivity index (χ1n) is 7.01. The van der Waals surface area contributed by atoms with E-state index in [4.69, 9.17) is 4.74 Å². The van der Waals surface area contributed by atoms with Crippen LogP contribution in [0.15, 0.2) is 29.6 Å². The summed E-state index contributed by atoms with van der Waals surface area (Å²) in [5, 5.41) is 5.64. The fourth-order valence-electron chi connectivity index (χ4n) is 2.35. The van der Waals surface area contributed by atoms with Crippen LogP contribution in [-0.4, -0.2) is 24.2 Å². The normalized spacial score (nSPS) is 18.6. The van der Waals surface area contributed by atoms with E-state index < -0.39 is 11.7 Å². The molecule has 0 aliphatic carbocycles. The third-order valence-corrected chi connectivity index (χ3v) is 4.29. The molecule has 0 saturated carbocycles. The molecule has 1 aliphatic rings. The van der Waals surface area contributed by atoms with Crippen molar-refractivity contribution in [1.82, 2.24) is 4.98 Å². The summed E-state index contributed by atoms with van der Waals surface area (Å²) in [5.41, 5.74) is 0.356. The molecule has 7 heteroatoms. The van der Waals surface area contributed by atoms with Gasteiger partial charge in [-0.3, -0.25) is 0 Å². The van der Waals surface area contributed by atoms with Crippen LogP contribution in [0.4, 0.5) is 18.3 Å². The van der Waals surface area contributed by atoms with Gasteiger partial charge in [-0.1, -0.05) is 12.1 Å². The smallest absolute Gasteiger partial charge is 0.376 e. The van der Waals surface area contributed by atoms with Crippen LogP contribution in [0.3, 0.4) is 0 Å². The molecule has 2 aromatic rings. The molecule has 1 N–H and O–H groups in total. The zero-order valence-electron chi connectivity index (χ0n) is 11.7. The van der Waals surface area contributed by atoms with Crippen molar-refractivity contribution in [2.24, 2.45) is 0 Å². The number of nitrogens with one attached hydrogen (secondary N) is 1. The first kappa shape index (κ1) is 15.3. The summed E-state index contributed by atoms with van der Waals surface area (Å²) in [6.07, 6.45) is -2.05. The van der Waals surface area contributed by atoms with E-state index in [1.807, 2.05) is 0 Å². The molecule has 0 unspecified atom stereocenters. The van der Waals surface area contributed by atoms with Crippen LogP contribution in [0.25, 0.3) is 11.3 Å². The molecular weight excluding hydrogens is 313 g/mol. The molecule has 0 spiro atoms. The third-order valence-electron chi connectivity index (χ3n) is 3.49. The number of alkyl halides is 3. The third kappa shape index (κ3) is 3.59. The minimum atomic E-state index is -4.34. The Bertz CT molecular complexity index is 636. The topological polar surface area (TPSA) is 34.1 Å². The van der Waals surface area contributed by atoms with Crippen molar-refractivity contribution in [1.29, 1.82) is 0 Å². The molecule has 1 aromatic heterocycles. The average Bonchev–Trinajstić information content (AvgIpc) is 3.16. The standard InChI is InChI=1S/C15H15F3N2OS/c16-15(17,18)11-4-1-3-10(7-11)13-9-22-14(20-13)19-8-12-5-2-6-21-12/h1,3-4,7,9,12H,2,5-6,8H2,(H,19,20)/t12-/m0/s1. The highest BCUT2D eigenvalue weighted by Gasteiger charge is 2.30. The predicted molar refractivity (Wildman–Crippen MR) is 80.0 cm³/mol. The van der Waals surface area contributed by atoms with Crippen LogP contribution < -0.4 is 5.32 Å². The van der Waals surface area contributed by atoms with E-state index >= 15 is 0 Å². The van der Waals surface area contributed by atoms with E-state index in [1.54, 1.807) is 11.4 Å². The van der Waals surface area contributed by atoms with Gasteiger partial charge in [0.2, 0.25) is 0 Å². The van der Waals surface area contributed by atoms with Gasteiger partial charge in [0, 0.05) is 24.1 Å². The number of benzene rings is 1. The van der Waals surface area contributed by atoms with Gasteiger partial charge >= 0.3 is 6.18 Å². The summed E-state index contributed by atoms with van der Waals surface area (Å²) in [5.74, 6) is 0. The van der Waals surface area contributed by atoms with Crippen LogP contribution in [0.1, 0.15) is 18.4 Å². The molecule has 1 aromatic carbocycles. The summed E-state index contributed by atoms with van der Waals surface area (Å²) in [6, 6.07) is 5.22. The minimum absolute atomic E-state index is 0.195. The van der Waals surface area contributed by atoms with Gasteiger partial charge in [-0.25, -0.2) is 4.98 Å². The number of ether oxygens (including phenoxy) is 1. The van der Waals surface area contributed by atoms with E-state index in [2.05, 4.69) is 10.3 Å². The van der Waals surface area contributed by atoms with Crippen LogP contribution in [-0.2, 0) is 10.9 Å². The summed E-state index contributed by atoms with van der Waals surface area (Å²) < 4.78 is 43.7. The summed E-state index contributed by atoms with van der Waals surface area (Å²) >= 11 is 1.38. The Kier molecular flexibility index (Phi) is 4.35. The van der Waals surface area contributed by atoms with E-state index in [9.17, 15) is 13.2 Å². The Labute approximate surface area is 130 Å². The number of nitrogens with zero attached hydrogens (tertiary/aromatic N) is 1. The molecule has 0 amide bonds. The van der Waals surface area contributed by atoms with Crippen LogP contribution in [0, 0.1) is 0 Å². The second-order valence-electron chi connectivity index (χ2n) is 5.13. The minimum Gasteiger partial charge on any atom is -0.376 e. The van der Waals surface area contributed by atoms with Crippen molar-refractivity contribution in [3.63, 3.8) is 0 Å². The maximum absolute atomic E-state index is 12.7. The maximum atomic E-state index is 12.7. The van der Waals surface area contributed by atoms with Crippen molar-refractivity contribution >= 4 is 16.5 Å². The molecule has 0 bridgehead atoms. The van der Waals surface area contributed by atoms with Gasteiger partial charge in [0.05, 0.1) is 17.4 Å². The fourth-order valence-corrected chi connectivity index (χ4v) is 3.08. The number of halogens is 3. The number of rotatable bonds is 4. The van der Waals surface area contributed by atoms with E-state index in [1.165, 1.54) is 17.4 Å². The monoisotopic (exact) mass is 328 g/mol. The van der Waals surface area contributed by atoms with Gasteiger partial charge in [0.1, 0.15) is 0 Å². The first-order chi connectivity index (χ1) is 10.5. The zero-order chi connectivity index (χ0) is 15.6. The van der Waals surface area contributed by atoms with E-state index in [0.717, 1.165) is 31.6 Å². The van der Waals surface area contributed by atoms with E-state index in [0.29, 0.717) is 22.9 Å². The van der Waals surface area contributed by atoms with Crippen LogP contribution in [0.2, 0.25) is 0 Å². The van der Waals surface area contributed by atoms with Gasteiger partial charge in [-0.15, -0.1) is 11.3 Å². The lowest BCUT2D eigenvalue weighted by Crippen LogP contribution is -2.18. The molecule has 1 atom stereocenters. The Morgan fingerprint density at radius 3 is 2.95 bits per heavy atom. The van der Waals surface area contributed by atoms with Crippen LogP contribution >= 0.6 is 11.3 Å². The van der Waals surface area contributed by atoms with Crippen LogP contribution in [0.5, 0.6) is 0 Å². The SMILES string of the molecule is FC(F)(F)c1cccc(-c2csc(NC[C@@H]3CCCO3)n2)c1. The van der Waals surface area contributed by atoms with Crippen molar-refractivity contribution in [3.8, 4) is 11.3 Å². The highest BCUT2D eigenvalue weighted by Crippen LogP contribution is 2.33. The summed E-state index contributed by atoms with van der Waals surface area (Å²) in [7, 11) is 0. The number of aromatic nitrogens is 1. The molecule has 0 radical (unpaired) electrons. The lowest BCUT2D eigenvalue weighted by molar-refractivity contribution is -0.137. The van der Waals surface area contributed by atoms with Gasteiger partial charge in [0.25, 0.3) is 0 Å². The first-order valence-corrected chi connectivity index (χ1v) is 7.89.